The Morgan fingerprint density at radius 2 is 2.05 bits per heavy atom. The minimum absolute atomic E-state index is 0.0944. The van der Waals surface area contributed by atoms with E-state index in [0.717, 1.165) is 40.9 Å². The molecule has 1 saturated carbocycles. The molecule has 1 aromatic carbocycles. The van der Waals surface area contributed by atoms with Gasteiger partial charge in [0, 0.05) is 12.1 Å². The average molecular weight is 328 g/mol. The van der Waals surface area contributed by atoms with E-state index in [4.69, 9.17) is 9.47 Å². The number of nitrogens with one attached hydrogen (secondary N) is 1. The molecule has 3 rings (SSSR count). The van der Waals surface area contributed by atoms with Gasteiger partial charge in [-0.3, -0.25) is 0 Å². The van der Waals surface area contributed by atoms with Crippen molar-refractivity contribution >= 4 is 15.9 Å². The van der Waals surface area contributed by atoms with Gasteiger partial charge in [-0.1, -0.05) is 12.8 Å². The van der Waals surface area contributed by atoms with Crippen molar-refractivity contribution in [3.05, 3.63) is 22.2 Å². The van der Waals surface area contributed by atoms with Crippen LogP contribution in [-0.2, 0) is 6.54 Å². The molecule has 4 nitrogen and oxygen atoms in total. The Balaban J connectivity index is 1.72. The van der Waals surface area contributed by atoms with Crippen molar-refractivity contribution < 1.29 is 14.6 Å². The van der Waals surface area contributed by atoms with E-state index in [1.54, 1.807) is 0 Å². The largest absolute Gasteiger partial charge is 0.454 e. The minimum atomic E-state index is -0.0944. The molecule has 1 fully saturated rings. The topological polar surface area (TPSA) is 50.7 Å². The lowest BCUT2D eigenvalue weighted by atomic mass is 9.98. The van der Waals surface area contributed by atoms with Crippen LogP contribution in [-0.4, -0.2) is 24.0 Å². The van der Waals surface area contributed by atoms with Crippen molar-refractivity contribution in [2.45, 2.75) is 37.8 Å². The molecule has 0 spiro atoms. The first kappa shape index (κ1) is 13.2. The quantitative estimate of drug-likeness (QED) is 0.892. The summed E-state index contributed by atoms with van der Waals surface area (Å²) in [4.78, 5) is 0. The lowest BCUT2D eigenvalue weighted by Crippen LogP contribution is -2.45. The summed E-state index contributed by atoms with van der Waals surface area (Å²) in [5.74, 6) is 1.57. The van der Waals surface area contributed by atoms with E-state index in [-0.39, 0.29) is 18.9 Å². The minimum Gasteiger partial charge on any atom is -0.454 e. The summed E-state index contributed by atoms with van der Waals surface area (Å²) in [5.41, 5.74) is 1.04. The molecule has 0 radical (unpaired) electrons. The van der Waals surface area contributed by atoms with Gasteiger partial charge in [0.05, 0.1) is 11.1 Å². The molecule has 0 atom stereocenters. The second-order valence-corrected chi connectivity index (χ2v) is 6.16. The molecule has 1 aliphatic carbocycles. The zero-order valence-electron chi connectivity index (χ0n) is 10.7. The summed E-state index contributed by atoms with van der Waals surface area (Å²) in [7, 11) is 0. The number of fused-ring (bicyclic) bond motifs is 1. The maximum Gasteiger partial charge on any atom is 0.231 e. The molecule has 1 heterocycles. The van der Waals surface area contributed by atoms with E-state index in [9.17, 15) is 5.11 Å². The summed E-state index contributed by atoms with van der Waals surface area (Å²) in [6, 6.07) is 4.04. The normalized spacial score (nSPS) is 19.9. The van der Waals surface area contributed by atoms with Crippen LogP contribution >= 0.6 is 15.9 Å². The lowest BCUT2D eigenvalue weighted by molar-refractivity contribution is 0.163. The smallest absolute Gasteiger partial charge is 0.231 e. The van der Waals surface area contributed by atoms with Gasteiger partial charge in [0.15, 0.2) is 11.5 Å². The van der Waals surface area contributed by atoms with Crippen molar-refractivity contribution in [3.63, 3.8) is 0 Å². The monoisotopic (exact) mass is 327 g/mol. The van der Waals surface area contributed by atoms with Gasteiger partial charge in [-0.05, 0) is 46.5 Å². The van der Waals surface area contributed by atoms with Gasteiger partial charge >= 0.3 is 0 Å². The maximum atomic E-state index is 9.59. The number of hydrogen-bond acceptors (Lipinski definition) is 4. The molecule has 1 aromatic rings. The third-order valence-electron chi connectivity index (χ3n) is 4.02. The molecular formula is C14H18BrNO3. The third kappa shape index (κ3) is 2.59. The third-order valence-corrected chi connectivity index (χ3v) is 4.61. The molecule has 0 aromatic heterocycles. The van der Waals surface area contributed by atoms with E-state index in [1.165, 1.54) is 12.8 Å². The van der Waals surface area contributed by atoms with Crippen molar-refractivity contribution in [3.8, 4) is 11.5 Å². The summed E-state index contributed by atoms with van der Waals surface area (Å²) in [6.07, 6.45) is 4.49. The molecule has 2 N–H and O–H groups in total. The van der Waals surface area contributed by atoms with Gasteiger partial charge in [0.2, 0.25) is 6.79 Å². The van der Waals surface area contributed by atoms with Gasteiger partial charge < -0.3 is 19.9 Å². The van der Waals surface area contributed by atoms with E-state index in [1.807, 2.05) is 12.1 Å². The SMILES string of the molecule is OCC1(NCc2cc(Br)c3c(c2)OCO3)CCCC1. The van der Waals surface area contributed by atoms with Crippen molar-refractivity contribution in [1.29, 1.82) is 0 Å². The summed E-state index contributed by atoms with van der Waals surface area (Å²) >= 11 is 3.50. The molecule has 104 valence electrons. The van der Waals surface area contributed by atoms with Crippen molar-refractivity contribution in [1.82, 2.24) is 5.32 Å². The number of rotatable bonds is 4. The fraction of sp³-hybridized carbons (Fsp3) is 0.571. The second kappa shape index (κ2) is 5.31. The van der Waals surface area contributed by atoms with Crippen LogP contribution in [0.1, 0.15) is 31.2 Å². The fourth-order valence-electron chi connectivity index (χ4n) is 2.85. The Morgan fingerprint density at radius 3 is 2.79 bits per heavy atom. The average Bonchev–Trinajstić information content (AvgIpc) is 3.06. The van der Waals surface area contributed by atoms with E-state index >= 15 is 0 Å². The predicted octanol–water partition coefficient (Wildman–Crippen LogP) is 2.57. The first-order chi connectivity index (χ1) is 9.22. The first-order valence-electron chi connectivity index (χ1n) is 6.66. The van der Waals surface area contributed by atoms with Crippen molar-refractivity contribution in [2.75, 3.05) is 13.4 Å². The molecule has 2 aliphatic rings. The van der Waals surface area contributed by atoms with Crippen LogP contribution in [0, 0.1) is 0 Å². The van der Waals surface area contributed by atoms with Crippen molar-refractivity contribution in [2.24, 2.45) is 0 Å². The highest BCUT2D eigenvalue weighted by Gasteiger charge is 2.32. The van der Waals surface area contributed by atoms with Gasteiger partial charge in [-0.2, -0.15) is 0 Å². The molecule has 0 saturated heterocycles. The van der Waals surface area contributed by atoms with Crippen LogP contribution in [0.4, 0.5) is 0 Å². The molecule has 0 unspecified atom stereocenters. The number of halogens is 1. The van der Waals surface area contributed by atoms with Crippen LogP contribution in [0.15, 0.2) is 16.6 Å². The number of benzene rings is 1. The van der Waals surface area contributed by atoms with E-state index < -0.39 is 0 Å². The highest BCUT2D eigenvalue weighted by atomic mass is 79.9. The summed E-state index contributed by atoms with van der Waals surface area (Å²) in [6.45, 7) is 1.22. The lowest BCUT2D eigenvalue weighted by Gasteiger charge is -2.28. The maximum absolute atomic E-state index is 9.59. The number of hydrogen-bond donors (Lipinski definition) is 2. The highest BCUT2D eigenvalue weighted by Crippen LogP contribution is 2.40. The number of aliphatic hydroxyl groups excluding tert-OH is 1. The second-order valence-electron chi connectivity index (χ2n) is 5.31. The summed E-state index contributed by atoms with van der Waals surface area (Å²) < 4.78 is 11.7. The first-order valence-corrected chi connectivity index (χ1v) is 7.46. The number of aliphatic hydroxyl groups is 1. The molecule has 0 amide bonds. The van der Waals surface area contributed by atoms with Crippen LogP contribution < -0.4 is 14.8 Å². The van der Waals surface area contributed by atoms with Crippen LogP contribution in [0.25, 0.3) is 0 Å². The molecule has 1 aliphatic heterocycles. The Bertz CT molecular complexity index is 472. The van der Waals surface area contributed by atoms with Gasteiger partial charge in [0.25, 0.3) is 0 Å². The Hall–Kier alpha value is -0.780. The van der Waals surface area contributed by atoms with Gasteiger partial charge in [0.1, 0.15) is 0 Å². The predicted molar refractivity (Wildman–Crippen MR) is 75.4 cm³/mol. The van der Waals surface area contributed by atoms with Crippen LogP contribution in [0.3, 0.4) is 0 Å². The highest BCUT2D eigenvalue weighted by molar-refractivity contribution is 9.10. The Kier molecular flexibility index (Phi) is 3.69. The standard InChI is InChI=1S/C14H18BrNO3/c15-11-5-10(6-12-13(11)19-9-18-12)7-16-14(8-17)3-1-2-4-14/h5-6,16-17H,1-4,7-9H2. The zero-order valence-corrected chi connectivity index (χ0v) is 12.3. The van der Waals surface area contributed by atoms with E-state index in [2.05, 4.69) is 21.2 Å². The van der Waals surface area contributed by atoms with Crippen LogP contribution in [0.2, 0.25) is 0 Å². The van der Waals surface area contributed by atoms with Crippen LogP contribution in [0.5, 0.6) is 11.5 Å². The molecule has 19 heavy (non-hydrogen) atoms. The van der Waals surface area contributed by atoms with Gasteiger partial charge in [-0.15, -0.1) is 0 Å². The number of ether oxygens (including phenoxy) is 2. The van der Waals surface area contributed by atoms with Gasteiger partial charge in [-0.25, -0.2) is 0 Å². The molecular weight excluding hydrogens is 310 g/mol. The molecule has 5 heteroatoms. The summed E-state index contributed by atoms with van der Waals surface area (Å²) in [5, 5.41) is 13.1. The molecule has 0 bridgehead atoms. The Labute approximate surface area is 121 Å². The fourth-order valence-corrected chi connectivity index (χ4v) is 3.46. The van der Waals surface area contributed by atoms with E-state index in [0.29, 0.717) is 0 Å². The Morgan fingerprint density at radius 1 is 1.26 bits per heavy atom. The zero-order chi connectivity index (χ0) is 13.3.